The Bertz CT molecular complexity index is 325. The fourth-order valence-corrected chi connectivity index (χ4v) is 2.82. The summed E-state index contributed by atoms with van der Waals surface area (Å²) in [6.45, 7) is 4.72. The molecular weight excluding hydrogens is 244 g/mol. The van der Waals surface area contributed by atoms with Gasteiger partial charge >= 0.3 is 5.97 Å². The highest BCUT2D eigenvalue weighted by Gasteiger charge is 2.41. The lowest BCUT2D eigenvalue weighted by molar-refractivity contribution is -0.142. The van der Waals surface area contributed by atoms with Crippen molar-refractivity contribution in [3.63, 3.8) is 0 Å². The van der Waals surface area contributed by atoms with Crippen molar-refractivity contribution in [2.24, 2.45) is 16.6 Å². The maximum atomic E-state index is 12.3. The number of hydrogen-bond acceptors (Lipinski definition) is 3. The molecule has 110 valence electrons. The van der Waals surface area contributed by atoms with Gasteiger partial charge in [-0.05, 0) is 31.1 Å². The van der Waals surface area contributed by atoms with Gasteiger partial charge in [0.05, 0.1) is 11.8 Å². The fourth-order valence-electron chi connectivity index (χ4n) is 2.82. The first-order valence-electron chi connectivity index (χ1n) is 7.14. The summed E-state index contributed by atoms with van der Waals surface area (Å²) in [7, 11) is 0. The summed E-state index contributed by atoms with van der Waals surface area (Å²) in [5.41, 5.74) is 5.00. The van der Waals surface area contributed by atoms with E-state index in [1.807, 2.05) is 13.8 Å². The third-order valence-corrected chi connectivity index (χ3v) is 4.79. The zero-order chi connectivity index (χ0) is 14.5. The maximum absolute atomic E-state index is 12.3. The second-order valence-corrected chi connectivity index (χ2v) is 5.80. The Labute approximate surface area is 114 Å². The van der Waals surface area contributed by atoms with Gasteiger partial charge in [-0.25, -0.2) is 0 Å². The molecule has 0 bridgehead atoms. The molecule has 4 N–H and O–H groups in total. The fraction of sp³-hybridized carbons (Fsp3) is 0.857. The quantitative estimate of drug-likeness (QED) is 0.623. The summed E-state index contributed by atoms with van der Waals surface area (Å²) in [5, 5.41) is 11.9. The zero-order valence-corrected chi connectivity index (χ0v) is 12.0. The molecule has 1 amide bonds. The predicted molar refractivity (Wildman–Crippen MR) is 73.6 cm³/mol. The lowest BCUT2D eigenvalue weighted by Crippen LogP contribution is -2.50. The van der Waals surface area contributed by atoms with Crippen LogP contribution in [0.3, 0.4) is 0 Å². The number of nitrogens with two attached hydrogens (primary N) is 1. The second kappa shape index (κ2) is 6.37. The third-order valence-electron chi connectivity index (χ3n) is 4.79. The molecule has 19 heavy (non-hydrogen) atoms. The van der Waals surface area contributed by atoms with Gasteiger partial charge in [0.25, 0.3) is 0 Å². The molecule has 0 radical (unpaired) electrons. The van der Waals surface area contributed by atoms with Crippen LogP contribution in [0.4, 0.5) is 0 Å². The van der Waals surface area contributed by atoms with Crippen LogP contribution in [0.2, 0.25) is 0 Å². The number of carbonyl (C=O) groups is 2. The third kappa shape index (κ3) is 3.47. The van der Waals surface area contributed by atoms with Crippen molar-refractivity contribution < 1.29 is 14.7 Å². The summed E-state index contributed by atoms with van der Waals surface area (Å²) >= 11 is 0. The molecule has 1 fully saturated rings. The minimum Gasteiger partial charge on any atom is -0.481 e. The first-order valence-corrected chi connectivity index (χ1v) is 7.14. The molecule has 1 aliphatic carbocycles. The number of carboxylic acid groups (broad SMARTS) is 1. The Morgan fingerprint density at radius 2 is 1.89 bits per heavy atom. The molecule has 1 aliphatic rings. The van der Waals surface area contributed by atoms with Crippen LogP contribution < -0.4 is 11.1 Å². The highest BCUT2D eigenvalue weighted by Crippen LogP contribution is 2.43. The Balaban J connectivity index is 2.59. The second-order valence-electron chi connectivity index (χ2n) is 5.80. The Kier molecular flexibility index (Phi) is 5.35. The van der Waals surface area contributed by atoms with E-state index in [9.17, 15) is 9.59 Å². The van der Waals surface area contributed by atoms with E-state index in [2.05, 4.69) is 5.32 Å². The van der Waals surface area contributed by atoms with E-state index in [-0.39, 0.29) is 17.7 Å². The molecule has 0 heterocycles. The molecule has 0 aromatic rings. The van der Waals surface area contributed by atoms with Crippen LogP contribution in [0.15, 0.2) is 0 Å². The number of nitrogens with one attached hydrogen (secondary N) is 1. The van der Waals surface area contributed by atoms with Gasteiger partial charge in [-0.2, -0.15) is 0 Å². The van der Waals surface area contributed by atoms with Gasteiger partial charge < -0.3 is 16.2 Å². The predicted octanol–water partition coefficient (Wildman–Crippen LogP) is 1.51. The van der Waals surface area contributed by atoms with Gasteiger partial charge in [-0.3, -0.25) is 9.59 Å². The Morgan fingerprint density at radius 1 is 1.32 bits per heavy atom. The van der Waals surface area contributed by atoms with Crippen molar-refractivity contribution in [3.05, 3.63) is 0 Å². The highest BCUT2D eigenvalue weighted by molar-refractivity contribution is 5.83. The number of rotatable bonds is 8. The van der Waals surface area contributed by atoms with Gasteiger partial charge in [0.15, 0.2) is 0 Å². The number of aliphatic carboxylic acids is 1. The van der Waals surface area contributed by atoms with Crippen LogP contribution in [-0.4, -0.2) is 30.1 Å². The number of amides is 1. The van der Waals surface area contributed by atoms with E-state index in [0.717, 1.165) is 19.3 Å². The zero-order valence-electron chi connectivity index (χ0n) is 12.0. The molecule has 0 aromatic heterocycles. The van der Waals surface area contributed by atoms with Crippen molar-refractivity contribution in [1.82, 2.24) is 5.32 Å². The van der Waals surface area contributed by atoms with Gasteiger partial charge in [0.1, 0.15) is 0 Å². The van der Waals surface area contributed by atoms with E-state index in [1.165, 1.54) is 0 Å². The highest BCUT2D eigenvalue weighted by atomic mass is 16.4. The molecular formula is C14H26N2O3. The van der Waals surface area contributed by atoms with E-state index in [4.69, 9.17) is 10.8 Å². The van der Waals surface area contributed by atoms with Gasteiger partial charge in [-0.15, -0.1) is 0 Å². The smallest absolute Gasteiger partial charge is 0.303 e. The van der Waals surface area contributed by atoms with Gasteiger partial charge in [0.2, 0.25) is 5.91 Å². The van der Waals surface area contributed by atoms with Crippen molar-refractivity contribution >= 4 is 11.9 Å². The largest absolute Gasteiger partial charge is 0.481 e. The summed E-state index contributed by atoms with van der Waals surface area (Å²) < 4.78 is 0. The van der Waals surface area contributed by atoms with Crippen LogP contribution in [0.5, 0.6) is 0 Å². The molecule has 0 atom stereocenters. The monoisotopic (exact) mass is 270 g/mol. The van der Waals surface area contributed by atoms with E-state index >= 15 is 0 Å². The van der Waals surface area contributed by atoms with Crippen molar-refractivity contribution in [2.75, 3.05) is 13.1 Å². The van der Waals surface area contributed by atoms with E-state index < -0.39 is 11.4 Å². The average Bonchev–Trinajstić information content (AvgIpc) is 2.35. The van der Waals surface area contributed by atoms with Gasteiger partial charge in [-0.1, -0.05) is 20.3 Å². The minimum absolute atomic E-state index is 0.0309. The lowest BCUT2D eigenvalue weighted by Gasteiger charge is -2.42. The minimum atomic E-state index is -0.787. The number of hydrogen-bond donors (Lipinski definition) is 3. The van der Waals surface area contributed by atoms with Crippen LogP contribution in [-0.2, 0) is 9.59 Å². The Morgan fingerprint density at radius 3 is 2.21 bits per heavy atom. The van der Waals surface area contributed by atoms with Crippen LogP contribution >= 0.6 is 0 Å². The average molecular weight is 270 g/mol. The normalized spacial score (nSPS) is 17.6. The molecule has 1 saturated carbocycles. The summed E-state index contributed by atoms with van der Waals surface area (Å²) in [4.78, 5) is 23.2. The van der Waals surface area contributed by atoms with E-state index in [1.54, 1.807) is 0 Å². The first kappa shape index (κ1) is 16.0. The number of carboxylic acids is 1. The Hall–Kier alpha value is -1.10. The molecule has 1 rings (SSSR count). The standard InChI is InChI=1S/C14H26N2O3/c1-3-14(4-2,9-15)12(19)16-10-13(6-5-7-13)8-11(17)18/h3-10,15H2,1-2H3,(H,16,19)(H,17,18). The molecule has 5 nitrogen and oxygen atoms in total. The summed E-state index contributed by atoms with van der Waals surface area (Å²) in [6, 6.07) is 0. The van der Waals surface area contributed by atoms with Crippen molar-refractivity contribution in [2.45, 2.75) is 52.4 Å². The van der Waals surface area contributed by atoms with Crippen LogP contribution in [0, 0.1) is 10.8 Å². The molecule has 0 aliphatic heterocycles. The molecule has 0 spiro atoms. The SMILES string of the molecule is CCC(CC)(CN)C(=O)NCC1(CC(=O)O)CCC1. The van der Waals surface area contributed by atoms with E-state index in [0.29, 0.717) is 25.9 Å². The van der Waals surface area contributed by atoms with Crippen LogP contribution in [0.1, 0.15) is 52.4 Å². The summed E-state index contributed by atoms with van der Waals surface area (Å²) in [5.74, 6) is -0.818. The van der Waals surface area contributed by atoms with Gasteiger partial charge in [0, 0.05) is 13.1 Å². The van der Waals surface area contributed by atoms with Crippen molar-refractivity contribution in [3.8, 4) is 0 Å². The lowest BCUT2D eigenvalue weighted by atomic mass is 9.66. The maximum Gasteiger partial charge on any atom is 0.303 e. The van der Waals surface area contributed by atoms with Crippen molar-refractivity contribution in [1.29, 1.82) is 0 Å². The molecule has 0 saturated heterocycles. The first-order chi connectivity index (χ1) is 8.93. The summed E-state index contributed by atoms with van der Waals surface area (Å²) in [6.07, 6.45) is 4.37. The molecule has 5 heteroatoms. The molecule has 0 aromatic carbocycles. The number of carbonyl (C=O) groups excluding carboxylic acids is 1. The molecule has 0 unspecified atom stereocenters. The van der Waals surface area contributed by atoms with Crippen LogP contribution in [0.25, 0.3) is 0 Å². The topological polar surface area (TPSA) is 92.4 Å².